The number of hydrogen-bond acceptors (Lipinski definition) is 2. The molecule has 0 radical (unpaired) electrons. The van der Waals surface area contributed by atoms with E-state index in [-0.39, 0.29) is 11.9 Å². The molecule has 0 saturated heterocycles. The summed E-state index contributed by atoms with van der Waals surface area (Å²) in [6.45, 7) is 1.95. The van der Waals surface area contributed by atoms with Crippen molar-refractivity contribution in [3.8, 4) is 0 Å². The third-order valence-corrected chi connectivity index (χ3v) is 2.90. The van der Waals surface area contributed by atoms with Gasteiger partial charge in [-0.05, 0) is 47.8 Å². The highest BCUT2D eigenvalue weighted by Gasteiger charge is 2.05. The first-order chi connectivity index (χ1) is 7.59. The lowest BCUT2D eigenvalue weighted by Crippen LogP contribution is -2.16. The highest BCUT2D eigenvalue weighted by molar-refractivity contribution is 9.10. The Morgan fingerprint density at radius 1 is 1.50 bits per heavy atom. The zero-order valence-electron chi connectivity index (χ0n) is 9.37. The molecule has 3 N–H and O–H groups in total. The van der Waals surface area contributed by atoms with Crippen LogP contribution in [-0.4, -0.2) is 11.9 Å². The molecule has 1 unspecified atom stereocenters. The quantitative estimate of drug-likeness (QED) is 0.874. The average molecular weight is 285 g/mol. The van der Waals surface area contributed by atoms with Gasteiger partial charge in [-0.2, -0.15) is 0 Å². The number of para-hydroxylation sites is 1. The van der Waals surface area contributed by atoms with E-state index < -0.39 is 0 Å². The second kappa shape index (κ2) is 6.66. The number of nitrogens with one attached hydrogen (secondary N) is 1. The molecule has 3 nitrogen and oxygen atoms in total. The van der Waals surface area contributed by atoms with Gasteiger partial charge in [-0.1, -0.05) is 12.1 Å². The van der Waals surface area contributed by atoms with Gasteiger partial charge in [0.25, 0.3) is 0 Å². The molecule has 88 valence electrons. The summed E-state index contributed by atoms with van der Waals surface area (Å²) >= 11 is 3.38. The van der Waals surface area contributed by atoms with E-state index in [2.05, 4.69) is 21.2 Å². The van der Waals surface area contributed by atoms with Crippen LogP contribution in [0.3, 0.4) is 0 Å². The maximum atomic E-state index is 11.6. The van der Waals surface area contributed by atoms with Gasteiger partial charge >= 0.3 is 0 Å². The van der Waals surface area contributed by atoms with Crippen molar-refractivity contribution in [1.82, 2.24) is 0 Å². The van der Waals surface area contributed by atoms with Crippen LogP contribution in [0.2, 0.25) is 0 Å². The van der Waals surface area contributed by atoms with Crippen molar-refractivity contribution in [3.05, 3.63) is 28.7 Å². The van der Waals surface area contributed by atoms with Gasteiger partial charge in [0.15, 0.2) is 0 Å². The van der Waals surface area contributed by atoms with Crippen LogP contribution < -0.4 is 11.1 Å². The Bertz CT molecular complexity index is 353. The molecule has 0 saturated carbocycles. The molecule has 1 amide bonds. The van der Waals surface area contributed by atoms with Gasteiger partial charge in [0.2, 0.25) is 5.91 Å². The van der Waals surface area contributed by atoms with E-state index in [4.69, 9.17) is 5.73 Å². The van der Waals surface area contributed by atoms with E-state index in [0.717, 1.165) is 23.0 Å². The summed E-state index contributed by atoms with van der Waals surface area (Å²) in [6.07, 6.45) is 2.22. The fourth-order valence-electron chi connectivity index (χ4n) is 1.36. The van der Waals surface area contributed by atoms with Crippen molar-refractivity contribution in [2.75, 3.05) is 5.32 Å². The zero-order chi connectivity index (χ0) is 12.0. The number of carbonyl (C=O) groups is 1. The van der Waals surface area contributed by atoms with Crippen molar-refractivity contribution < 1.29 is 4.79 Å². The maximum absolute atomic E-state index is 11.6. The smallest absolute Gasteiger partial charge is 0.224 e. The molecule has 4 heteroatoms. The predicted molar refractivity (Wildman–Crippen MR) is 70.3 cm³/mol. The number of benzene rings is 1. The second-order valence-corrected chi connectivity index (χ2v) is 4.75. The molecule has 0 aliphatic carbocycles. The van der Waals surface area contributed by atoms with Crippen LogP contribution in [0.15, 0.2) is 28.7 Å². The minimum atomic E-state index is 0.0348. The van der Waals surface area contributed by atoms with Crippen molar-refractivity contribution in [2.24, 2.45) is 5.73 Å². The molecule has 1 rings (SSSR count). The zero-order valence-corrected chi connectivity index (χ0v) is 11.0. The standard InChI is InChI=1S/C12H17BrN2O/c1-9(14)5-4-8-12(16)15-11-7-3-2-6-10(11)13/h2-3,6-7,9H,4-5,8,14H2,1H3,(H,15,16). The minimum Gasteiger partial charge on any atom is -0.328 e. The number of amides is 1. The van der Waals surface area contributed by atoms with Gasteiger partial charge in [-0.15, -0.1) is 0 Å². The van der Waals surface area contributed by atoms with Crippen LogP contribution in [-0.2, 0) is 4.79 Å². The Balaban J connectivity index is 2.37. The lowest BCUT2D eigenvalue weighted by molar-refractivity contribution is -0.116. The molecular weight excluding hydrogens is 268 g/mol. The Morgan fingerprint density at radius 3 is 2.81 bits per heavy atom. The van der Waals surface area contributed by atoms with Gasteiger partial charge in [0.1, 0.15) is 0 Å². The Kier molecular flexibility index (Phi) is 5.49. The van der Waals surface area contributed by atoms with Crippen molar-refractivity contribution in [1.29, 1.82) is 0 Å². The van der Waals surface area contributed by atoms with E-state index in [1.165, 1.54) is 0 Å². The maximum Gasteiger partial charge on any atom is 0.224 e. The van der Waals surface area contributed by atoms with Crippen LogP contribution in [0.1, 0.15) is 26.2 Å². The average Bonchev–Trinajstić information content (AvgIpc) is 2.21. The summed E-state index contributed by atoms with van der Waals surface area (Å²) in [6, 6.07) is 7.74. The molecule has 0 aliphatic rings. The first-order valence-electron chi connectivity index (χ1n) is 5.39. The van der Waals surface area contributed by atoms with E-state index in [9.17, 15) is 4.79 Å². The lowest BCUT2D eigenvalue weighted by atomic mass is 10.1. The van der Waals surface area contributed by atoms with Gasteiger partial charge < -0.3 is 11.1 Å². The fraction of sp³-hybridized carbons (Fsp3) is 0.417. The molecule has 0 aromatic heterocycles. The van der Waals surface area contributed by atoms with Crippen molar-refractivity contribution in [2.45, 2.75) is 32.2 Å². The first kappa shape index (κ1) is 13.2. The molecule has 1 aromatic carbocycles. The molecule has 1 atom stereocenters. The SMILES string of the molecule is CC(N)CCCC(=O)Nc1ccccc1Br. The molecule has 1 aromatic rings. The normalized spacial score (nSPS) is 12.2. The molecule has 0 fully saturated rings. The van der Waals surface area contributed by atoms with Gasteiger partial charge in [0.05, 0.1) is 5.69 Å². The van der Waals surface area contributed by atoms with Crippen LogP contribution in [0.25, 0.3) is 0 Å². The summed E-state index contributed by atoms with van der Waals surface area (Å²) in [5.41, 5.74) is 6.43. The highest BCUT2D eigenvalue weighted by atomic mass is 79.9. The van der Waals surface area contributed by atoms with Gasteiger partial charge in [-0.3, -0.25) is 4.79 Å². The molecule has 0 aliphatic heterocycles. The van der Waals surface area contributed by atoms with Gasteiger partial charge in [-0.25, -0.2) is 0 Å². The third-order valence-electron chi connectivity index (χ3n) is 2.21. The van der Waals surface area contributed by atoms with Crippen LogP contribution in [0.5, 0.6) is 0 Å². The first-order valence-corrected chi connectivity index (χ1v) is 6.19. The summed E-state index contributed by atoms with van der Waals surface area (Å²) in [4.78, 5) is 11.6. The summed E-state index contributed by atoms with van der Waals surface area (Å²) in [5, 5.41) is 2.86. The third kappa shape index (κ3) is 4.77. The summed E-state index contributed by atoms with van der Waals surface area (Å²) in [5.74, 6) is 0.0348. The highest BCUT2D eigenvalue weighted by Crippen LogP contribution is 2.21. The lowest BCUT2D eigenvalue weighted by Gasteiger charge is -2.07. The monoisotopic (exact) mass is 284 g/mol. The number of hydrogen-bond donors (Lipinski definition) is 2. The van der Waals surface area contributed by atoms with E-state index in [1.807, 2.05) is 31.2 Å². The van der Waals surface area contributed by atoms with Crippen LogP contribution in [0, 0.1) is 0 Å². The van der Waals surface area contributed by atoms with E-state index in [0.29, 0.717) is 6.42 Å². The number of halogens is 1. The second-order valence-electron chi connectivity index (χ2n) is 3.90. The molecule has 0 heterocycles. The van der Waals surface area contributed by atoms with Crippen molar-refractivity contribution >= 4 is 27.5 Å². The number of rotatable bonds is 5. The molecule has 16 heavy (non-hydrogen) atoms. The van der Waals surface area contributed by atoms with Crippen molar-refractivity contribution in [3.63, 3.8) is 0 Å². The molecular formula is C12H17BrN2O. The van der Waals surface area contributed by atoms with Gasteiger partial charge in [0, 0.05) is 16.9 Å². The fourth-order valence-corrected chi connectivity index (χ4v) is 1.74. The molecule has 0 spiro atoms. The Hall–Kier alpha value is -0.870. The Labute approximate surface area is 105 Å². The van der Waals surface area contributed by atoms with E-state index >= 15 is 0 Å². The topological polar surface area (TPSA) is 55.1 Å². The Morgan fingerprint density at radius 2 is 2.19 bits per heavy atom. The largest absolute Gasteiger partial charge is 0.328 e. The number of carbonyl (C=O) groups excluding carboxylic acids is 1. The summed E-state index contributed by atoms with van der Waals surface area (Å²) < 4.78 is 0.899. The minimum absolute atomic E-state index is 0.0348. The summed E-state index contributed by atoms with van der Waals surface area (Å²) in [7, 11) is 0. The predicted octanol–water partition coefficient (Wildman–Crippen LogP) is 2.91. The number of anilines is 1. The van der Waals surface area contributed by atoms with Crippen LogP contribution >= 0.6 is 15.9 Å². The van der Waals surface area contributed by atoms with E-state index in [1.54, 1.807) is 0 Å². The number of nitrogens with two attached hydrogens (primary N) is 1. The van der Waals surface area contributed by atoms with Crippen LogP contribution in [0.4, 0.5) is 5.69 Å². The molecule has 0 bridgehead atoms.